The molecule has 0 atom stereocenters. The topological polar surface area (TPSA) is 94.7 Å². The van der Waals surface area contributed by atoms with Crippen molar-refractivity contribution in [2.75, 3.05) is 39.2 Å². The maximum atomic E-state index is 12.8. The Morgan fingerprint density at radius 1 is 1.26 bits per heavy atom. The smallest absolute Gasteiger partial charge is 0.340 e. The van der Waals surface area contributed by atoms with Gasteiger partial charge >= 0.3 is 5.97 Å². The lowest BCUT2D eigenvalue weighted by molar-refractivity contribution is -0.110. The van der Waals surface area contributed by atoms with Crippen LogP contribution in [0.2, 0.25) is 0 Å². The third kappa shape index (κ3) is 4.89. The van der Waals surface area contributed by atoms with Crippen molar-refractivity contribution in [2.24, 2.45) is 0 Å². The fourth-order valence-electron chi connectivity index (χ4n) is 4.07. The van der Waals surface area contributed by atoms with E-state index in [0.717, 1.165) is 46.7 Å². The lowest BCUT2D eigenvalue weighted by atomic mass is 9.96. The first kappa shape index (κ1) is 22.8. The van der Waals surface area contributed by atoms with Crippen LogP contribution in [0.3, 0.4) is 0 Å². The SMILES string of the molecule is CCOC(=O)c1c(C)[nH]c(/C=C2\C(=O)Nc3cccc(CCO)c32)c1CCCN(C)C. The number of H-pyrrole nitrogens is 1. The summed E-state index contributed by atoms with van der Waals surface area (Å²) in [7, 11) is 4.03. The zero-order valence-corrected chi connectivity index (χ0v) is 18.7. The van der Waals surface area contributed by atoms with Gasteiger partial charge in [-0.05, 0) is 77.0 Å². The number of aliphatic hydroxyl groups excluding tert-OH is 1. The first-order valence-electron chi connectivity index (χ1n) is 10.7. The average Bonchev–Trinajstić information content (AvgIpc) is 3.19. The molecule has 3 N–H and O–H groups in total. The number of benzene rings is 1. The van der Waals surface area contributed by atoms with E-state index in [1.807, 2.05) is 45.3 Å². The second-order valence-corrected chi connectivity index (χ2v) is 7.97. The standard InChI is InChI=1S/C24H31N3O4/c1-5-31-24(30)21-15(2)25-20(17(21)9-7-12-27(3)4)14-18-22-16(11-13-28)8-6-10-19(22)26-23(18)29/h6,8,10,14,25,28H,5,7,9,11-13H2,1-4H3,(H,26,29)/b18-14-. The first-order chi connectivity index (χ1) is 14.9. The van der Waals surface area contributed by atoms with E-state index in [1.165, 1.54) is 0 Å². The third-order valence-electron chi connectivity index (χ3n) is 5.42. The van der Waals surface area contributed by atoms with Gasteiger partial charge in [-0.2, -0.15) is 0 Å². The van der Waals surface area contributed by atoms with Gasteiger partial charge in [-0.1, -0.05) is 12.1 Å². The van der Waals surface area contributed by atoms with Gasteiger partial charge in [-0.25, -0.2) is 4.79 Å². The third-order valence-corrected chi connectivity index (χ3v) is 5.42. The summed E-state index contributed by atoms with van der Waals surface area (Å²) in [5.41, 5.74) is 5.89. The number of fused-ring (bicyclic) bond motifs is 1. The second-order valence-electron chi connectivity index (χ2n) is 7.97. The molecule has 1 aromatic carbocycles. The van der Waals surface area contributed by atoms with E-state index in [0.29, 0.717) is 30.6 Å². The summed E-state index contributed by atoms with van der Waals surface area (Å²) < 4.78 is 5.29. The molecule has 7 nitrogen and oxygen atoms in total. The number of anilines is 1. The van der Waals surface area contributed by atoms with Crippen molar-refractivity contribution in [1.29, 1.82) is 0 Å². The average molecular weight is 426 g/mol. The molecule has 0 fully saturated rings. The largest absolute Gasteiger partial charge is 0.462 e. The van der Waals surface area contributed by atoms with Crippen LogP contribution in [0, 0.1) is 6.92 Å². The van der Waals surface area contributed by atoms with E-state index in [2.05, 4.69) is 15.2 Å². The van der Waals surface area contributed by atoms with Gasteiger partial charge < -0.3 is 25.0 Å². The summed E-state index contributed by atoms with van der Waals surface area (Å²) >= 11 is 0. The molecule has 1 aliphatic heterocycles. The fourth-order valence-corrected chi connectivity index (χ4v) is 4.07. The molecule has 1 amide bonds. The summed E-state index contributed by atoms with van der Waals surface area (Å²) in [5.74, 6) is -0.539. The molecule has 2 heterocycles. The molecular formula is C24H31N3O4. The van der Waals surface area contributed by atoms with Crippen LogP contribution in [0.25, 0.3) is 11.6 Å². The van der Waals surface area contributed by atoms with Crippen LogP contribution in [0.1, 0.15) is 51.8 Å². The van der Waals surface area contributed by atoms with Gasteiger partial charge in [0, 0.05) is 29.2 Å². The molecule has 2 aromatic rings. The highest BCUT2D eigenvalue weighted by atomic mass is 16.5. The van der Waals surface area contributed by atoms with Crippen LogP contribution in [0.4, 0.5) is 5.69 Å². The molecule has 1 aromatic heterocycles. The lowest BCUT2D eigenvalue weighted by Crippen LogP contribution is -2.14. The van der Waals surface area contributed by atoms with Crippen molar-refractivity contribution in [1.82, 2.24) is 9.88 Å². The number of nitrogens with one attached hydrogen (secondary N) is 2. The van der Waals surface area contributed by atoms with Gasteiger partial charge in [0.25, 0.3) is 5.91 Å². The van der Waals surface area contributed by atoms with Crippen molar-refractivity contribution in [3.8, 4) is 0 Å². The van der Waals surface area contributed by atoms with E-state index in [9.17, 15) is 14.7 Å². The minimum Gasteiger partial charge on any atom is -0.462 e. The number of aromatic nitrogens is 1. The monoisotopic (exact) mass is 425 g/mol. The zero-order valence-electron chi connectivity index (χ0n) is 18.7. The number of amides is 1. The van der Waals surface area contributed by atoms with E-state index in [4.69, 9.17) is 4.74 Å². The molecule has 0 aliphatic carbocycles. The molecule has 1 aliphatic rings. The summed E-state index contributed by atoms with van der Waals surface area (Å²) in [6.07, 6.45) is 3.83. The number of aryl methyl sites for hydroxylation is 1. The number of aliphatic hydroxyl groups is 1. The van der Waals surface area contributed by atoms with Gasteiger partial charge in [0.2, 0.25) is 0 Å². The highest BCUT2D eigenvalue weighted by molar-refractivity contribution is 6.35. The van der Waals surface area contributed by atoms with Gasteiger partial charge in [0.1, 0.15) is 0 Å². The van der Waals surface area contributed by atoms with E-state index in [1.54, 1.807) is 6.92 Å². The van der Waals surface area contributed by atoms with Crippen LogP contribution < -0.4 is 5.32 Å². The molecule has 0 unspecified atom stereocenters. The van der Waals surface area contributed by atoms with Crippen molar-refractivity contribution in [2.45, 2.75) is 33.1 Å². The maximum Gasteiger partial charge on any atom is 0.340 e. The summed E-state index contributed by atoms with van der Waals surface area (Å²) in [6.45, 7) is 4.83. The Bertz CT molecular complexity index is 1000. The summed E-state index contributed by atoms with van der Waals surface area (Å²) in [6, 6.07) is 5.65. The number of hydrogen-bond acceptors (Lipinski definition) is 5. The molecule has 166 valence electrons. The molecule has 0 spiro atoms. The number of hydrogen-bond donors (Lipinski definition) is 3. The Morgan fingerprint density at radius 2 is 2.03 bits per heavy atom. The van der Waals surface area contributed by atoms with Crippen LogP contribution in [-0.4, -0.2) is 60.7 Å². The van der Waals surface area contributed by atoms with Gasteiger partial charge in [0.15, 0.2) is 0 Å². The molecule has 3 rings (SSSR count). The van der Waals surface area contributed by atoms with E-state index >= 15 is 0 Å². The predicted molar refractivity (Wildman–Crippen MR) is 122 cm³/mol. The van der Waals surface area contributed by atoms with Crippen molar-refractivity contribution in [3.63, 3.8) is 0 Å². The fraction of sp³-hybridized carbons (Fsp3) is 0.417. The van der Waals surface area contributed by atoms with Crippen LogP contribution in [-0.2, 0) is 22.4 Å². The molecule has 0 saturated carbocycles. The minimum absolute atomic E-state index is 0.00231. The maximum absolute atomic E-state index is 12.8. The summed E-state index contributed by atoms with van der Waals surface area (Å²) in [4.78, 5) is 30.8. The molecule has 0 saturated heterocycles. The second kappa shape index (κ2) is 9.94. The Labute approximate surface area is 183 Å². The van der Waals surface area contributed by atoms with Crippen LogP contribution in [0.5, 0.6) is 0 Å². The lowest BCUT2D eigenvalue weighted by Gasteiger charge is -2.11. The van der Waals surface area contributed by atoms with Crippen molar-refractivity contribution < 1.29 is 19.4 Å². The van der Waals surface area contributed by atoms with Crippen LogP contribution >= 0.6 is 0 Å². The van der Waals surface area contributed by atoms with Crippen molar-refractivity contribution >= 4 is 29.2 Å². The zero-order chi connectivity index (χ0) is 22.5. The number of nitrogens with zero attached hydrogens (tertiary/aromatic N) is 1. The van der Waals surface area contributed by atoms with Crippen LogP contribution in [0.15, 0.2) is 18.2 Å². The Hall–Kier alpha value is -2.90. The molecule has 31 heavy (non-hydrogen) atoms. The van der Waals surface area contributed by atoms with Gasteiger partial charge in [-0.15, -0.1) is 0 Å². The molecule has 0 radical (unpaired) electrons. The predicted octanol–water partition coefficient (Wildman–Crippen LogP) is 3.02. The quantitative estimate of drug-likeness (QED) is 0.424. The highest BCUT2D eigenvalue weighted by Crippen LogP contribution is 2.37. The molecular weight excluding hydrogens is 394 g/mol. The first-order valence-corrected chi connectivity index (χ1v) is 10.7. The number of carbonyl (C=O) groups excluding carboxylic acids is 2. The number of carbonyl (C=O) groups is 2. The van der Waals surface area contributed by atoms with E-state index in [-0.39, 0.29) is 18.5 Å². The summed E-state index contributed by atoms with van der Waals surface area (Å²) in [5, 5.41) is 12.4. The number of rotatable bonds is 9. The molecule has 0 bridgehead atoms. The minimum atomic E-state index is -0.349. The Morgan fingerprint density at radius 3 is 2.71 bits per heavy atom. The molecule has 7 heteroatoms. The Kier molecular flexibility index (Phi) is 7.30. The number of ether oxygens (including phenoxy) is 1. The normalized spacial score (nSPS) is 14.3. The van der Waals surface area contributed by atoms with Gasteiger partial charge in [-0.3, -0.25) is 4.79 Å². The van der Waals surface area contributed by atoms with Gasteiger partial charge in [0.05, 0.1) is 17.7 Å². The Balaban J connectivity index is 2.09. The number of aromatic amines is 1. The van der Waals surface area contributed by atoms with Crippen molar-refractivity contribution in [3.05, 3.63) is 51.8 Å². The number of esters is 1. The van der Waals surface area contributed by atoms with E-state index < -0.39 is 0 Å². The highest BCUT2D eigenvalue weighted by Gasteiger charge is 2.28.